The van der Waals surface area contributed by atoms with Crippen LogP contribution in [0.25, 0.3) is 38.5 Å². The molecule has 0 aliphatic carbocycles. The maximum absolute atomic E-state index is 16.5. The van der Waals surface area contributed by atoms with Gasteiger partial charge in [0.05, 0.1) is 29.5 Å². The minimum Gasteiger partial charge on any atom is -0.456 e. The summed E-state index contributed by atoms with van der Waals surface area (Å²) >= 11 is 0. The Balaban J connectivity index is 1.06. The topological polar surface area (TPSA) is 125 Å². The molecule has 0 unspecified atom stereocenters. The highest BCUT2D eigenvalue weighted by molar-refractivity contribution is 6.07. The molecule has 1 atom stereocenters. The summed E-state index contributed by atoms with van der Waals surface area (Å²) in [5.74, 6) is -0.276. The molecule has 0 spiro atoms. The van der Waals surface area contributed by atoms with Gasteiger partial charge >= 0.3 is 0 Å². The lowest BCUT2D eigenvalue weighted by molar-refractivity contribution is -0.121. The van der Waals surface area contributed by atoms with Gasteiger partial charge in [0, 0.05) is 74.6 Å². The number of hydrogen-bond acceptors (Lipinski definition) is 10. The van der Waals surface area contributed by atoms with Gasteiger partial charge < -0.3 is 39.1 Å². The molecule has 1 saturated heterocycles. The number of amides is 1. The van der Waals surface area contributed by atoms with Gasteiger partial charge in [-0.05, 0) is 71.1 Å². The Morgan fingerprint density at radius 3 is 2.69 bits per heavy atom. The Kier molecular flexibility index (Phi) is 10.6. The highest BCUT2D eigenvalue weighted by Gasteiger charge is 2.34. The highest BCUT2D eigenvalue weighted by Crippen LogP contribution is 2.49. The van der Waals surface area contributed by atoms with Gasteiger partial charge in [0.1, 0.15) is 22.4 Å². The number of unbranched alkanes of at least 4 members (excludes halogenated alkanes) is 2. The second-order valence-corrected chi connectivity index (χ2v) is 15.1. The van der Waals surface area contributed by atoms with Gasteiger partial charge in [-0.1, -0.05) is 24.6 Å². The summed E-state index contributed by atoms with van der Waals surface area (Å²) in [5, 5.41) is 8.30. The van der Waals surface area contributed by atoms with Gasteiger partial charge in [0.15, 0.2) is 28.5 Å². The third kappa shape index (κ3) is 7.55. The van der Waals surface area contributed by atoms with Crippen LogP contribution in [-0.4, -0.2) is 105 Å². The lowest BCUT2D eigenvalue weighted by Crippen LogP contribution is -2.38. The summed E-state index contributed by atoms with van der Waals surface area (Å²) in [7, 11) is 4.03. The van der Waals surface area contributed by atoms with E-state index in [2.05, 4.69) is 25.4 Å². The Morgan fingerprint density at radius 2 is 1.85 bits per heavy atom. The van der Waals surface area contributed by atoms with Crippen molar-refractivity contribution in [3.63, 3.8) is 0 Å². The van der Waals surface area contributed by atoms with E-state index in [9.17, 15) is 14.4 Å². The number of benzene rings is 3. The Morgan fingerprint density at radius 1 is 0.982 bits per heavy atom. The normalized spacial score (nSPS) is 16.2. The van der Waals surface area contributed by atoms with Crippen LogP contribution in [0, 0.1) is 5.82 Å². The van der Waals surface area contributed by atoms with E-state index in [0.29, 0.717) is 67.0 Å². The minimum atomic E-state index is -0.617. The number of aromatic nitrogens is 1. The molecule has 0 saturated carbocycles. The van der Waals surface area contributed by atoms with E-state index in [1.54, 1.807) is 10.8 Å². The van der Waals surface area contributed by atoms with Crippen LogP contribution < -0.4 is 25.7 Å². The second kappa shape index (κ2) is 15.8. The van der Waals surface area contributed by atoms with Gasteiger partial charge in [-0.2, -0.15) is 0 Å². The Labute approximate surface area is 318 Å². The van der Waals surface area contributed by atoms with Crippen molar-refractivity contribution < 1.29 is 23.1 Å². The van der Waals surface area contributed by atoms with Crippen molar-refractivity contribution in [3.05, 3.63) is 70.3 Å². The van der Waals surface area contributed by atoms with E-state index in [1.807, 2.05) is 61.7 Å². The van der Waals surface area contributed by atoms with Crippen LogP contribution >= 0.6 is 0 Å². The van der Waals surface area contributed by atoms with Crippen molar-refractivity contribution >= 4 is 56.6 Å². The number of carbonyl (C=O) groups excluding carboxylic acids is 2. The molecule has 0 radical (unpaired) electrons. The van der Waals surface area contributed by atoms with Gasteiger partial charge in [-0.15, -0.1) is 0 Å². The lowest BCUT2D eigenvalue weighted by atomic mass is 10.0. The smallest absolute Gasteiger partial charge is 0.221 e. The first-order valence-corrected chi connectivity index (χ1v) is 19.5. The Bertz CT molecular complexity index is 2350. The van der Waals surface area contributed by atoms with Crippen LogP contribution in [0.1, 0.15) is 55.3 Å². The average Bonchev–Trinajstić information content (AvgIpc) is 3.94. The zero-order valence-corrected chi connectivity index (χ0v) is 31.5. The van der Waals surface area contributed by atoms with Gasteiger partial charge in [0.2, 0.25) is 5.91 Å². The highest BCUT2D eigenvalue weighted by atomic mass is 19.1. The number of aliphatic imine (C=N–C) groups is 1. The maximum atomic E-state index is 16.5. The Hall–Kier alpha value is -5.27. The molecule has 55 heavy (non-hydrogen) atoms. The first kappa shape index (κ1) is 36.7. The standard InChI is InChI=1S/C42H48FN7O5/c1-47(2)17-7-3-4-10-34(51)31-25-50-33-23-36-29(28-9-5-6-11-35(28)54-36)22-37(33)55-42-39(50)30(41(31)53)21-32(43)40(42)49-19-13-27(24-49)46-38(52)12-15-44-14-8-18-48-20-16-45-26-48/h5-6,9,11,21-23,25-27,44H,3-4,7-8,10,12-20,24H2,1-2H3,(H,46,52)/t27-/m1/s1. The van der Waals surface area contributed by atoms with Crippen molar-refractivity contribution in [2.24, 2.45) is 4.99 Å². The number of nitrogens with zero attached hydrogens (tertiary/aromatic N) is 5. The summed E-state index contributed by atoms with van der Waals surface area (Å²) in [6.45, 7) is 5.95. The largest absolute Gasteiger partial charge is 0.456 e. The summed E-state index contributed by atoms with van der Waals surface area (Å²) in [4.78, 5) is 51.0. The van der Waals surface area contributed by atoms with Crippen molar-refractivity contribution in [1.82, 2.24) is 25.0 Å². The summed E-state index contributed by atoms with van der Waals surface area (Å²) < 4.78 is 31.1. The number of pyridine rings is 1. The van der Waals surface area contributed by atoms with E-state index in [-0.39, 0.29) is 46.5 Å². The van der Waals surface area contributed by atoms with Gasteiger partial charge in [-0.25, -0.2) is 4.39 Å². The summed E-state index contributed by atoms with van der Waals surface area (Å²) in [6.07, 6.45) is 8.12. The molecule has 0 bridgehead atoms. The SMILES string of the molecule is CN(C)CCCCCC(=O)c1cn2c3c(c(N4CC[C@@H](NC(=O)CCNCCCN5C=NCC5)C4)c(F)cc3c1=O)Oc1cc3c(cc1-2)oc1ccccc13. The van der Waals surface area contributed by atoms with E-state index < -0.39 is 11.2 Å². The number of Topliss-reactive ketones (excluding diaryl/α,β-unsaturated/α-hetero) is 1. The van der Waals surface area contributed by atoms with Crippen LogP contribution in [0.3, 0.4) is 0 Å². The third-order valence-corrected chi connectivity index (χ3v) is 10.9. The number of ether oxygens (including phenoxy) is 1. The minimum absolute atomic E-state index is 0.0234. The number of furan rings is 1. The zero-order valence-electron chi connectivity index (χ0n) is 31.5. The number of fused-ring (bicyclic) bond motifs is 5. The number of ketones is 1. The predicted octanol–water partition coefficient (Wildman–Crippen LogP) is 5.85. The van der Waals surface area contributed by atoms with Crippen molar-refractivity contribution in [2.45, 2.75) is 51.0 Å². The first-order chi connectivity index (χ1) is 26.7. The van der Waals surface area contributed by atoms with Crippen LogP contribution in [0.4, 0.5) is 10.1 Å². The molecule has 1 amide bonds. The predicted molar refractivity (Wildman–Crippen MR) is 214 cm³/mol. The maximum Gasteiger partial charge on any atom is 0.221 e. The van der Waals surface area contributed by atoms with Crippen molar-refractivity contribution in [1.29, 1.82) is 0 Å². The monoisotopic (exact) mass is 749 g/mol. The fraction of sp³-hybridized carbons (Fsp3) is 0.429. The summed E-state index contributed by atoms with van der Waals surface area (Å²) in [6, 6.07) is 12.5. The molecule has 3 aromatic carbocycles. The molecule has 2 N–H and O–H groups in total. The molecule has 5 aromatic rings. The number of anilines is 1. The molecule has 8 rings (SSSR count). The molecule has 3 aliphatic heterocycles. The van der Waals surface area contributed by atoms with Crippen molar-refractivity contribution in [2.75, 3.05) is 71.4 Å². The fourth-order valence-corrected chi connectivity index (χ4v) is 8.04. The summed E-state index contributed by atoms with van der Waals surface area (Å²) in [5.41, 5.74) is 2.06. The quantitative estimate of drug-likeness (QED) is 0.0927. The lowest BCUT2D eigenvalue weighted by Gasteiger charge is -2.29. The third-order valence-electron chi connectivity index (χ3n) is 10.9. The van der Waals surface area contributed by atoms with E-state index >= 15 is 4.39 Å². The fourth-order valence-electron chi connectivity index (χ4n) is 8.04. The average molecular weight is 750 g/mol. The second-order valence-electron chi connectivity index (χ2n) is 15.1. The number of hydrogen-bond donors (Lipinski definition) is 2. The molecule has 2 aromatic heterocycles. The number of nitrogens with one attached hydrogen (secondary N) is 2. The zero-order chi connectivity index (χ0) is 38.1. The number of para-hydroxylation sites is 1. The molecule has 288 valence electrons. The van der Waals surface area contributed by atoms with Crippen LogP contribution in [0.15, 0.2) is 62.9 Å². The van der Waals surface area contributed by atoms with E-state index in [0.717, 1.165) is 62.8 Å². The number of carbonyl (C=O) groups is 2. The van der Waals surface area contributed by atoms with Crippen LogP contribution in [0.2, 0.25) is 0 Å². The molecule has 1 fully saturated rings. The molecule has 12 nitrogen and oxygen atoms in total. The van der Waals surface area contributed by atoms with Crippen molar-refractivity contribution in [3.8, 4) is 17.2 Å². The van der Waals surface area contributed by atoms with Crippen LogP contribution in [-0.2, 0) is 4.79 Å². The molecular formula is C42H48FN7O5. The molecular weight excluding hydrogens is 702 g/mol. The van der Waals surface area contributed by atoms with Gasteiger partial charge in [-0.3, -0.25) is 19.4 Å². The molecule has 5 heterocycles. The van der Waals surface area contributed by atoms with Gasteiger partial charge in [0.25, 0.3) is 0 Å². The molecule has 13 heteroatoms. The number of halogens is 1. The van der Waals surface area contributed by atoms with E-state index in [1.165, 1.54) is 6.07 Å². The number of rotatable bonds is 16. The first-order valence-electron chi connectivity index (χ1n) is 19.5. The molecule has 3 aliphatic rings. The van der Waals surface area contributed by atoms with E-state index in [4.69, 9.17) is 9.15 Å². The van der Waals surface area contributed by atoms with Crippen LogP contribution in [0.5, 0.6) is 11.5 Å².